The average molecular weight is 655 g/mol. The number of allylic oxidation sites excluding steroid dienone is 3. The molecule has 0 bridgehead atoms. The lowest BCUT2D eigenvalue weighted by atomic mass is 9.56. The molecule has 0 aromatic heterocycles. The van der Waals surface area contributed by atoms with Crippen LogP contribution in [0.1, 0.15) is 18.4 Å². The summed E-state index contributed by atoms with van der Waals surface area (Å²) in [6, 6.07) is 4.20. The van der Waals surface area contributed by atoms with Crippen LogP contribution in [0.2, 0.25) is 0 Å². The van der Waals surface area contributed by atoms with E-state index in [9.17, 15) is 37.5 Å². The monoisotopic (exact) mass is 654 g/mol. The molecule has 3 aliphatic heterocycles. The smallest absolute Gasteiger partial charge is 0.258 e. The van der Waals surface area contributed by atoms with Crippen molar-refractivity contribution in [1.82, 2.24) is 5.32 Å². The number of amides is 4. The van der Waals surface area contributed by atoms with E-state index in [-0.39, 0.29) is 29.1 Å². The zero-order chi connectivity index (χ0) is 31.6. The molecule has 5 aliphatic rings. The molecule has 0 unspecified atom stereocenters. The maximum absolute atomic E-state index is 15.0. The Bertz CT molecular complexity index is 1800. The highest BCUT2D eigenvalue weighted by Gasteiger charge is 2.77. The van der Waals surface area contributed by atoms with Crippen molar-refractivity contribution in [2.75, 3.05) is 4.90 Å². The van der Waals surface area contributed by atoms with Gasteiger partial charge in [0.2, 0.25) is 17.6 Å². The molecule has 2 aliphatic carbocycles. The fraction of sp³-hybridized carbons (Fsp3) is 0.310. The highest BCUT2D eigenvalue weighted by molar-refractivity contribution is 6.58. The summed E-state index contributed by atoms with van der Waals surface area (Å²) in [7, 11) is 0. The molecule has 3 heterocycles. The highest BCUT2D eigenvalue weighted by Crippen LogP contribution is 2.65. The number of phenolic OH excluding ortho intramolecular Hbond substituents is 1. The minimum atomic E-state index is -2.64. The van der Waals surface area contributed by atoms with E-state index in [4.69, 9.17) is 27.9 Å². The Balaban J connectivity index is 1.45. The Morgan fingerprint density at radius 1 is 0.909 bits per heavy atom. The van der Waals surface area contributed by atoms with Crippen LogP contribution in [0.4, 0.5) is 27.6 Å². The van der Waals surface area contributed by atoms with Crippen LogP contribution < -0.4 is 15.0 Å². The van der Waals surface area contributed by atoms with Crippen molar-refractivity contribution < 1.29 is 51.0 Å². The second-order valence-corrected chi connectivity index (χ2v) is 12.6. The zero-order valence-corrected chi connectivity index (χ0v) is 23.4. The summed E-state index contributed by atoms with van der Waals surface area (Å²) in [5, 5.41) is 12.3. The van der Waals surface area contributed by atoms with Crippen LogP contribution in [-0.4, -0.2) is 38.5 Å². The highest BCUT2D eigenvalue weighted by atomic mass is 35.5. The number of phenols is 1. The third-order valence-electron chi connectivity index (χ3n) is 9.21. The van der Waals surface area contributed by atoms with Gasteiger partial charge in [-0.2, -0.15) is 0 Å². The largest absolute Gasteiger partial charge is 0.508 e. The number of hydrogen-bond donors (Lipinski definition) is 2. The normalized spacial score (nSPS) is 32.3. The minimum absolute atomic E-state index is 0.0296. The van der Waals surface area contributed by atoms with Gasteiger partial charge in [-0.3, -0.25) is 24.5 Å². The van der Waals surface area contributed by atoms with E-state index >= 15 is 8.78 Å². The topological polar surface area (TPSA) is 113 Å². The summed E-state index contributed by atoms with van der Waals surface area (Å²) < 4.78 is 78.2. The Morgan fingerprint density at radius 2 is 1.57 bits per heavy atom. The predicted molar refractivity (Wildman–Crippen MR) is 141 cm³/mol. The Kier molecular flexibility index (Phi) is 6.06. The Hall–Kier alpha value is -3.97. The van der Waals surface area contributed by atoms with E-state index in [1.54, 1.807) is 6.08 Å². The van der Waals surface area contributed by atoms with Gasteiger partial charge < -0.3 is 9.84 Å². The Labute approximate surface area is 254 Å². The first-order valence-electron chi connectivity index (χ1n) is 13.2. The lowest BCUT2D eigenvalue weighted by Crippen LogP contribution is -2.61. The van der Waals surface area contributed by atoms with Crippen LogP contribution in [0, 0.1) is 52.8 Å². The molecular formula is C29H17Cl2F5N2O6. The molecule has 6 atom stereocenters. The number of rotatable bonds is 2. The second kappa shape index (κ2) is 9.27. The first kappa shape index (κ1) is 28.8. The SMILES string of the molecule is O=C1NC(=O)[C@H]2CC=C3[C@H](C4=COc5ccc(O)cc5C4)[C@]4(Cl)C(=O)N(c5c(F)c(F)c(F)c(F)c5F)C(=O)[C@]4(Cl)C[C@H]3[C@@H]12. The van der Waals surface area contributed by atoms with Crippen molar-refractivity contribution in [3.63, 3.8) is 0 Å². The van der Waals surface area contributed by atoms with Crippen LogP contribution in [0.15, 0.2) is 41.7 Å². The molecule has 4 amide bonds. The quantitative estimate of drug-likeness (QED) is 0.125. The van der Waals surface area contributed by atoms with Crippen LogP contribution >= 0.6 is 23.2 Å². The lowest BCUT2D eigenvalue weighted by Gasteiger charge is -2.51. The molecule has 7 rings (SSSR count). The predicted octanol–water partition coefficient (Wildman–Crippen LogP) is 4.29. The first-order valence-corrected chi connectivity index (χ1v) is 14.0. The molecule has 8 nitrogen and oxygen atoms in total. The fourth-order valence-electron chi connectivity index (χ4n) is 7.29. The maximum atomic E-state index is 15.0. The summed E-state index contributed by atoms with van der Waals surface area (Å²) in [5.74, 6) is -20.8. The number of benzene rings is 2. The van der Waals surface area contributed by atoms with Crippen molar-refractivity contribution in [3.05, 3.63) is 76.3 Å². The van der Waals surface area contributed by atoms with E-state index in [1.807, 2.05) is 0 Å². The number of halogens is 7. The number of ether oxygens (including phenoxy) is 1. The van der Waals surface area contributed by atoms with Gasteiger partial charge in [0.25, 0.3) is 11.8 Å². The molecule has 1 saturated carbocycles. The number of fused-ring (bicyclic) bond motifs is 5. The van der Waals surface area contributed by atoms with Crippen molar-refractivity contribution in [2.24, 2.45) is 23.7 Å². The summed E-state index contributed by atoms with van der Waals surface area (Å²) in [6.45, 7) is 0. The van der Waals surface area contributed by atoms with Gasteiger partial charge in [0.05, 0.1) is 18.1 Å². The minimum Gasteiger partial charge on any atom is -0.508 e. The standard InChI is InChI=1S/C29H17Cl2F5N2O6/c30-28-7-14-12(2-3-13-16(14)25(41)37-24(13)40)17(10-5-9-6-11(39)1-4-15(9)44-8-10)29(28,31)27(43)38(26(28)42)23-21(35)19(33)18(32)20(34)22(23)36/h1-2,4,6,8,13-14,16-17,39H,3,5,7H2,(H,37,40,41)/t13-,14+,16-,17-,28+,29-/m0/s1. The molecule has 44 heavy (non-hydrogen) atoms. The van der Waals surface area contributed by atoms with Crippen molar-refractivity contribution >= 4 is 52.5 Å². The number of anilines is 1. The molecule has 2 aromatic rings. The van der Waals surface area contributed by atoms with Gasteiger partial charge in [0.1, 0.15) is 17.2 Å². The Morgan fingerprint density at radius 3 is 2.25 bits per heavy atom. The number of carbonyl (C=O) groups excluding carboxylic acids is 4. The number of aromatic hydroxyl groups is 1. The van der Waals surface area contributed by atoms with Crippen molar-refractivity contribution in [3.8, 4) is 11.5 Å². The van der Waals surface area contributed by atoms with Gasteiger partial charge in [0.15, 0.2) is 33.0 Å². The maximum Gasteiger partial charge on any atom is 0.258 e. The lowest BCUT2D eigenvalue weighted by molar-refractivity contribution is -0.127. The molecule has 0 spiro atoms. The first-order chi connectivity index (χ1) is 20.7. The van der Waals surface area contributed by atoms with E-state index < -0.39 is 98.2 Å². The van der Waals surface area contributed by atoms with Crippen LogP contribution in [-0.2, 0) is 25.6 Å². The molecular weight excluding hydrogens is 638 g/mol. The molecule has 2 saturated heterocycles. The number of hydrogen-bond acceptors (Lipinski definition) is 6. The summed E-state index contributed by atoms with van der Waals surface area (Å²) >= 11 is 14.1. The summed E-state index contributed by atoms with van der Waals surface area (Å²) in [6.07, 6.45) is 2.18. The van der Waals surface area contributed by atoms with Gasteiger partial charge >= 0.3 is 0 Å². The summed E-state index contributed by atoms with van der Waals surface area (Å²) in [5.41, 5.74) is -0.928. The van der Waals surface area contributed by atoms with Gasteiger partial charge in [-0.05, 0) is 42.5 Å². The molecule has 2 aromatic carbocycles. The van der Waals surface area contributed by atoms with Crippen LogP contribution in [0.5, 0.6) is 11.5 Å². The molecule has 228 valence electrons. The second-order valence-electron chi connectivity index (χ2n) is 11.3. The molecule has 3 fully saturated rings. The van der Waals surface area contributed by atoms with Gasteiger partial charge in [-0.15, -0.1) is 23.2 Å². The third-order valence-corrected chi connectivity index (χ3v) is 10.6. The van der Waals surface area contributed by atoms with E-state index in [2.05, 4.69) is 5.32 Å². The number of alkyl halides is 2. The average Bonchev–Trinajstić information content (AvgIpc) is 3.36. The number of carbonyl (C=O) groups is 4. The number of nitrogens with zero attached hydrogens (tertiary/aromatic N) is 1. The van der Waals surface area contributed by atoms with Crippen molar-refractivity contribution in [1.29, 1.82) is 0 Å². The van der Waals surface area contributed by atoms with Crippen molar-refractivity contribution in [2.45, 2.75) is 29.0 Å². The van der Waals surface area contributed by atoms with Gasteiger partial charge in [-0.25, -0.2) is 26.9 Å². The van der Waals surface area contributed by atoms with Crippen LogP contribution in [0.3, 0.4) is 0 Å². The molecule has 0 radical (unpaired) electrons. The van der Waals surface area contributed by atoms with Gasteiger partial charge in [0, 0.05) is 17.9 Å². The summed E-state index contributed by atoms with van der Waals surface area (Å²) in [4.78, 5) is 48.3. The third kappa shape index (κ3) is 3.45. The number of imide groups is 2. The van der Waals surface area contributed by atoms with E-state index in [0.29, 0.717) is 16.9 Å². The zero-order valence-electron chi connectivity index (χ0n) is 21.9. The van der Waals surface area contributed by atoms with Gasteiger partial charge in [-0.1, -0.05) is 11.6 Å². The van der Waals surface area contributed by atoms with Crippen LogP contribution in [0.25, 0.3) is 0 Å². The number of nitrogens with one attached hydrogen (secondary N) is 1. The van der Waals surface area contributed by atoms with E-state index in [0.717, 1.165) is 0 Å². The molecule has 15 heteroatoms. The fourth-order valence-corrected chi connectivity index (χ4v) is 8.24. The molecule has 2 N–H and O–H groups in total. The van der Waals surface area contributed by atoms with E-state index in [1.165, 1.54) is 24.5 Å².